The summed E-state index contributed by atoms with van der Waals surface area (Å²) in [6.45, 7) is 2.82. The van der Waals surface area contributed by atoms with E-state index < -0.39 is 0 Å². The normalized spacial score (nSPS) is 11.1. The number of nitrogens with one attached hydrogen (secondary N) is 1. The first kappa shape index (κ1) is 16.8. The van der Waals surface area contributed by atoms with Gasteiger partial charge in [0.15, 0.2) is 5.78 Å². The van der Waals surface area contributed by atoms with Gasteiger partial charge in [0.05, 0.1) is 22.6 Å². The zero-order valence-corrected chi connectivity index (χ0v) is 14.7. The highest BCUT2D eigenvalue weighted by atomic mass is 35.5. The van der Waals surface area contributed by atoms with E-state index in [-0.39, 0.29) is 17.9 Å². The molecule has 0 unspecified atom stereocenters. The molecule has 4 nitrogen and oxygen atoms in total. The van der Waals surface area contributed by atoms with Gasteiger partial charge in [-0.2, -0.15) is 0 Å². The van der Waals surface area contributed by atoms with Crippen molar-refractivity contribution in [3.05, 3.63) is 63.7 Å². The number of Topliss-reactive ketones (excluding diaryl/α,β-unsaturated/α-hetero) is 1. The lowest BCUT2D eigenvalue weighted by Gasteiger charge is -2.04. The number of carbonyl (C=O) groups is 1. The summed E-state index contributed by atoms with van der Waals surface area (Å²) in [7, 11) is 0. The maximum Gasteiger partial charge on any atom is 0.203 e. The number of nitrogens with zero attached hydrogens (tertiary/aromatic N) is 2. The second-order valence-corrected chi connectivity index (χ2v) is 6.44. The van der Waals surface area contributed by atoms with Crippen molar-refractivity contribution < 1.29 is 4.79 Å². The minimum atomic E-state index is -0.0688. The zero-order chi connectivity index (χ0) is 17.3. The van der Waals surface area contributed by atoms with Crippen LogP contribution >= 0.6 is 23.2 Å². The Morgan fingerprint density at radius 1 is 1.08 bits per heavy atom. The molecule has 6 heteroatoms. The Kier molecular flexibility index (Phi) is 4.78. The molecule has 0 aliphatic rings. The average molecular weight is 362 g/mol. The molecule has 3 aromatic rings. The lowest BCUT2D eigenvalue weighted by atomic mass is 10.1. The summed E-state index contributed by atoms with van der Waals surface area (Å²) in [4.78, 5) is 12.6. The van der Waals surface area contributed by atoms with Gasteiger partial charge >= 0.3 is 0 Å². The van der Waals surface area contributed by atoms with Crippen molar-refractivity contribution in [2.75, 3.05) is 0 Å². The van der Waals surface area contributed by atoms with E-state index in [9.17, 15) is 4.79 Å². The number of para-hydroxylation sites is 1. The number of aryl methyl sites for hydroxylation is 1. The SMILES string of the molecule is CCCn1c(=N)n(CC(=O)c2ccc(Cl)cc2)c2cccc(Cl)c21. The summed E-state index contributed by atoms with van der Waals surface area (Å²) in [6.07, 6.45) is 0.881. The Morgan fingerprint density at radius 3 is 2.46 bits per heavy atom. The summed E-state index contributed by atoms with van der Waals surface area (Å²) < 4.78 is 3.56. The number of imidazole rings is 1. The largest absolute Gasteiger partial charge is 0.309 e. The van der Waals surface area contributed by atoms with Crippen LogP contribution in [0.4, 0.5) is 0 Å². The van der Waals surface area contributed by atoms with E-state index in [4.69, 9.17) is 28.6 Å². The Bertz CT molecular complexity index is 955. The van der Waals surface area contributed by atoms with Crippen LogP contribution in [0.25, 0.3) is 11.0 Å². The molecule has 0 fully saturated rings. The van der Waals surface area contributed by atoms with Crippen molar-refractivity contribution >= 4 is 40.0 Å². The number of ketones is 1. The molecule has 0 spiro atoms. The fourth-order valence-electron chi connectivity index (χ4n) is 2.83. The molecule has 24 heavy (non-hydrogen) atoms. The summed E-state index contributed by atoms with van der Waals surface area (Å²) >= 11 is 12.2. The molecule has 0 radical (unpaired) electrons. The molecular formula is C18H17Cl2N3O. The van der Waals surface area contributed by atoms with E-state index in [0.29, 0.717) is 22.2 Å². The van der Waals surface area contributed by atoms with E-state index in [1.807, 2.05) is 23.6 Å². The van der Waals surface area contributed by atoms with Crippen molar-refractivity contribution in [3.8, 4) is 0 Å². The fourth-order valence-corrected chi connectivity index (χ4v) is 3.22. The van der Waals surface area contributed by atoms with Gasteiger partial charge in [-0.05, 0) is 42.8 Å². The Balaban J connectivity index is 2.08. The first-order valence-corrected chi connectivity index (χ1v) is 8.49. The van der Waals surface area contributed by atoms with Gasteiger partial charge in [-0.25, -0.2) is 0 Å². The zero-order valence-electron chi connectivity index (χ0n) is 13.2. The van der Waals surface area contributed by atoms with Gasteiger partial charge in [-0.1, -0.05) is 36.2 Å². The maximum absolute atomic E-state index is 12.6. The molecule has 0 aliphatic carbocycles. The quantitative estimate of drug-likeness (QED) is 0.667. The molecular weight excluding hydrogens is 345 g/mol. The molecule has 1 heterocycles. The van der Waals surface area contributed by atoms with Crippen molar-refractivity contribution in [2.45, 2.75) is 26.4 Å². The van der Waals surface area contributed by atoms with E-state index in [2.05, 4.69) is 0 Å². The molecule has 3 rings (SSSR count). The number of aromatic nitrogens is 2. The molecule has 0 saturated carbocycles. The third-order valence-corrected chi connectivity index (χ3v) is 4.51. The number of benzene rings is 2. The first-order valence-electron chi connectivity index (χ1n) is 7.74. The topological polar surface area (TPSA) is 50.8 Å². The molecule has 1 aromatic heterocycles. The highest BCUT2D eigenvalue weighted by Gasteiger charge is 2.16. The van der Waals surface area contributed by atoms with E-state index in [0.717, 1.165) is 17.5 Å². The summed E-state index contributed by atoms with van der Waals surface area (Å²) in [5.41, 5.74) is 2.45. The van der Waals surface area contributed by atoms with Gasteiger partial charge in [-0.3, -0.25) is 10.2 Å². The molecule has 124 valence electrons. The van der Waals surface area contributed by atoms with Gasteiger partial charge in [-0.15, -0.1) is 0 Å². The third kappa shape index (κ3) is 2.99. The van der Waals surface area contributed by atoms with Crippen LogP contribution in [-0.4, -0.2) is 14.9 Å². The number of hydrogen-bond donors (Lipinski definition) is 1. The third-order valence-electron chi connectivity index (χ3n) is 3.95. The van der Waals surface area contributed by atoms with Crippen LogP contribution in [0.1, 0.15) is 23.7 Å². The van der Waals surface area contributed by atoms with E-state index >= 15 is 0 Å². The van der Waals surface area contributed by atoms with Crippen LogP contribution in [0.3, 0.4) is 0 Å². The van der Waals surface area contributed by atoms with E-state index in [1.165, 1.54) is 0 Å². The minimum absolute atomic E-state index is 0.0688. The Labute approximate surface area is 149 Å². The molecule has 0 bridgehead atoms. The first-order chi connectivity index (χ1) is 11.5. The predicted molar refractivity (Wildman–Crippen MR) is 96.9 cm³/mol. The number of fused-ring (bicyclic) bond motifs is 1. The average Bonchev–Trinajstić information content (AvgIpc) is 2.83. The number of carbonyl (C=O) groups excluding carboxylic acids is 1. The van der Waals surface area contributed by atoms with Crippen LogP contribution in [0, 0.1) is 5.41 Å². The number of hydrogen-bond acceptors (Lipinski definition) is 2. The highest BCUT2D eigenvalue weighted by molar-refractivity contribution is 6.35. The van der Waals surface area contributed by atoms with Gasteiger partial charge in [0.25, 0.3) is 0 Å². The number of halogens is 2. The maximum atomic E-state index is 12.6. The van der Waals surface area contributed by atoms with Crippen LogP contribution in [-0.2, 0) is 13.1 Å². The van der Waals surface area contributed by atoms with Crippen molar-refractivity contribution in [1.82, 2.24) is 9.13 Å². The van der Waals surface area contributed by atoms with Gasteiger partial charge in [0, 0.05) is 17.1 Å². The van der Waals surface area contributed by atoms with Crippen molar-refractivity contribution in [3.63, 3.8) is 0 Å². The molecule has 0 saturated heterocycles. The van der Waals surface area contributed by atoms with Gasteiger partial charge in [0.1, 0.15) is 0 Å². The number of rotatable bonds is 5. The van der Waals surface area contributed by atoms with Crippen molar-refractivity contribution in [2.24, 2.45) is 0 Å². The molecule has 0 aliphatic heterocycles. The van der Waals surface area contributed by atoms with E-state index in [1.54, 1.807) is 34.9 Å². The van der Waals surface area contributed by atoms with Gasteiger partial charge < -0.3 is 9.13 Å². The van der Waals surface area contributed by atoms with Crippen LogP contribution in [0.15, 0.2) is 42.5 Å². The van der Waals surface area contributed by atoms with Gasteiger partial charge in [0.2, 0.25) is 5.62 Å². The molecule has 0 atom stereocenters. The summed E-state index contributed by atoms with van der Waals surface area (Å²) in [5.74, 6) is -0.0688. The second kappa shape index (κ2) is 6.83. The van der Waals surface area contributed by atoms with Crippen molar-refractivity contribution in [1.29, 1.82) is 5.41 Å². The lowest BCUT2D eigenvalue weighted by Crippen LogP contribution is -2.27. The monoisotopic (exact) mass is 361 g/mol. The Morgan fingerprint density at radius 2 is 1.79 bits per heavy atom. The standard InChI is InChI=1S/C18H17Cl2N3O/c1-2-10-22-17-14(20)4-3-5-15(17)23(18(22)21)11-16(24)12-6-8-13(19)9-7-12/h3-9,21H,2,10-11H2,1H3. The molecule has 1 N–H and O–H groups in total. The minimum Gasteiger partial charge on any atom is -0.309 e. The fraction of sp³-hybridized carbons (Fsp3) is 0.222. The second-order valence-electron chi connectivity index (χ2n) is 5.60. The summed E-state index contributed by atoms with van der Waals surface area (Å²) in [6, 6.07) is 12.3. The van der Waals surface area contributed by atoms with Crippen LogP contribution < -0.4 is 5.62 Å². The van der Waals surface area contributed by atoms with Crippen LogP contribution in [0.2, 0.25) is 10.0 Å². The molecule has 2 aromatic carbocycles. The molecule has 0 amide bonds. The predicted octanol–water partition coefficient (Wildman–Crippen LogP) is 4.52. The highest BCUT2D eigenvalue weighted by Crippen LogP contribution is 2.23. The smallest absolute Gasteiger partial charge is 0.203 e. The Hall–Kier alpha value is -2.04. The summed E-state index contributed by atoms with van der Waals surface area (Å²) in [5, 5.41) is 9.64. The van der Waals surface area contributed by atoms with Crippen LogP contribution in [0.5, 0.6) is 0 Å². The lowest BCUT2D eigenvalue weighted by molar-refractivity contribution is 0.0971.